The van der Waals surface area contributed by atoms with Gasteiger partial charge in [-0.1, -0.05) is 20.3 Å². The van der Waals surface area contributed by atoms with E-state index in [-0.39, 0.29) is 12.4 Å². The molecule has 2 nitrogen and oxygen atoms in total. The molecular formula is C12H16Br2O2S. The van der Waals surface area contributed by atoms with Crippen LogP contribution in [0.3, 0.4) is 0 Å². The zero-order chi connectivity index (χ0) is 12.8. The Kier molecular flexibility index (Phi) is 6.92. The number of carbonyl (C=O) groups is 1. The number of rotatable bonds is 7. The third-order valence-corrected chi connectivity index (χ3v) is 4.71. The zero-order valence-corrected chi connectivity index (χ0v) is 14.0. The Morgan fingerprint density at radius 2 is 2.24 bits per heavy atom. The van der Waals surface area contributed by atoms with Gasteiger partial charge in [-0.05, 0) is 50.3 Å². The molecule has 1 aromatic rings. The lowest BCUT2D eigenvalue weighted by Crippen LogP contribution is -2.13. The molecule has 1 aromatic heterocycles. The minimum atomic E-state index is 0.0301. The first kappa shape index (κ1) is 15.3. The normalized spacial score (nSPS) is 12.7. The smallest absolute Gasteiger partial charge is 0.190 e. The van der Waals surface area contributed by atoms with Crippen LogP contribution in [0.1, 0.15) is 37.0 Å². The molecule has 0 N–H and O–H groups in total. The highest BCUT2D eigenvalue weighted by Gasteiger charge is 2.14. The Morgan fingerprint density at radius 1 is 1.53 bits per heavy atom. The van der Waals surface area contributed by atoms with Crippen molar-refractivity contribution in [1.82, 2.24) is 0 Å². The highest BCUT2D eigenvalue weighted by molar-refractivity contribution is 9.12. The van der Waals surface area contributed by atoms with Crippen molar-refractivity contribution in [2.75, 3.05) is 13.2 Å². The molecule has 5 heteroatoms. The summed E-state index contributed by atoms with van der Waals surface area (Å²) >= 11 is 8.24. The van der Waals surface area contributed by atoms with Gasteiger partial charge in [0.05, 0.1) is 7.57 Å². The van der Waals surface area contributed by atoms with Crippen molar-refractivity contribution >= 4 is 49.0 Å². The lowest BCUT2D eigenvalue weighted by Gasteiger charge is -2.09. The molecule has 0 aliphatic rings. The van der Waals surface area contributed by atoms with Gasteiger partial charge in [-0.15, -0.1) is 11.3 Å². The van der Waals surface area contributed by atoms with Gasteiger partial charge >= 0.3 is 0 Å². The topological polar surface area (TPSA) is 26.3 Å². The third-order valence-electron chi connectivity index (χ3n) is 2.37. The second-order valence-electron chi connectivity index (χ2n) is 4.07. The van der Waals surface area contributed by atoms with E-state index in [4.69, 9.17) is 4.74 Å². The van der Waals surface area contributed by atoms with Crippen molar-refractivity contribution < 1.29 is 9.53 Å². The number of carbonyl (C=O) groups excluding carboxylic acids is 1. The molecule has 0 fully saturated rings. The summed E-state index contributed by atoms with van der Waals surface area (Å²) in [5, 5.41) is 0. The minimum Gasteiger partial charge on any atom is -0.373 e. The Hall–Kier alpha value is 0.290. The molecule has 0 spiro atoms. The molecule has 1 atom stereocenters. The number of halogens is 2. The summed E-state index contributed by atoms with van der Waals surface area (Å²) in [6, 6.07) is 1.83. The molecule has 0 aliphatic heterocycles. The standard InChI is InChI=1S/C12H16Br2O2S/c1-3-4-8(2)6-16-7-10(15)9-5-11(13)17-12(9)14/h5,8H,3-4,6-7H2,1-2H3. The molecule has 0 aliphatic carbocycles. The maximum absolute atomic E-state index is 11.8. The van der Waals surface area contributed by atoms with Gasteiger partial charge in [0.15, 0.2) is 5.78 Å². The highest BCUT2D eigenvalue weighted by Crippen LogP contribution is 2.32. The summed E-state index contributed by atoms with van der Waals surface area (Å²) < 4.78 is 7.26. The molecule has 17 heavy (non-hydrogen) atoms. The van der Waals surface area contributed by atoms with Gasteiger partial charge in [-0.25, -0.2) is 0 Å². The summed E-state index contributed by atoms with van der Waals surface area (Å²) in [5.41, 5.74) is 0.699. The zero-order valence-electron chi connectivity index (χ0n) is 9.96. The van der Waals surface area contributed by atoms with Gasteiger partial charge in [0.1, 0.15) is 6.61 Å². The van der Waals surface area contributed by atoms with E-state index in [1.807, 2.05) is 6.07 Å². The van der Waals surface area contributed by atoms with Crippen LogP contribution in [-0.2, 0) is 4.74 Å². The van der Waals surface area contributed by atoms with Gasteiger partial charge in [0.25, 0.3) is 0 Å². The van der Waals surface area contributed by atoms with Crippen LogP contribution < -0.4 is 0 Å². The van der Waals surface area contributed by atoms with E-state index in [2.05, 4.69) is 45.7 Å². The lowest BCUT2D eigenvalue weighted by atomic mass is 10.1. The van der Waals surface area contributed by atoms with E-state index in [1.165, 1.54) is 11.3 Å². The van der Waals surface area contributed by atoms with E-state index in [0.717, 1.165) is 20.4 Å². The maximum atomic E-state index is 11.8. The Labute approximate surface area is 123 Å². The maximum Gasteiger partial charge on any atom is 0.190 e. The van der Waals surface area contributed by atoms with Crippen molar-refractivity contribution in [2.45, 2.75) is 26.7 Å². The molecule has 1 unspecified atom stereocenters. The number of hydrogen-bond acceptors (Lipinski definition) is 3. The fraction of sp³-hybridized carbons (Fsp3) is 0.583. The van der Waals surface area contributed by atoms with Crippen LogP contribution in [0.25, 0.3) is 0 Å². The van der Waals surface area contributed by atoms with Crippen LogP contribution in [0, 0.1) is 5.92 Å². The summed E-state index contributed by atoms with van der Waals surface area (Å²) in [5.74, 6) is 0.549. The average Bonchev–Trinajstić information content (AvgIpc) is 2.58. The van der Waals surface area contributed by atoms with E-state index >= 15 is 0 Å². The molecule has 0 amide bonds. The number of ether oxygens (including phenoxy) is 1. The number of thiophene rings is 1. The second-order valence-corrected chi connectivity index (χ2v) is 7.82. The summed E-state index contributed by atoms with van der Waals surface area (Å²) in [6.07, 6.45) is 2.30. The second kappa shape index (κ2) is 7.67. The third kappa shape index (κ3) is 5.20. The van der Waals surface area contributed by atoms with Gasteiger partial charge in [0.2, 0.25) is 0 Å². The van der Waals surface area contributed by atoms with Crippen molar-refractivity contribution in [2.24, 2.45) is 5.92 Å². The molecular weight excluding hydrogens is 368 g/mol. The van der Waals surface area contributed by atoms with Crippen LogP contribution in [0.15, 0.2) is 13.6 Å². The van der Waals surface area contributed by atoms with E-state index in [1.54, 1.807) is 0 Å². The molecule has 96 valence electrons. The fourth-order valence-corrected chi connectivity index (χ4v) is 4.39. The van der Waals surface area contributed by atoms with Crippen LogP contribution >= 0.6 is 43.2 Å². The highest BCUT2D eigenvalue weighted by atomic mass is 79.9. The van der Waals surface area contributed by atoms with Crippen molar-refractivity contribution in [1.29, 1.82) is 0 Å². The molecule has 0 saturated heterocycles. The average molecular weight is 384 g/mol. The van der Waals surface area contributed by atoms with Gasteiger partial charge < -0.3 is 4.74 Å². The van der Waals surface area contributed by atoms with Crippen LogP contribution in [-0.4, -0.2) is 19.0 Å². The summed E-state index contributed by atoms with van der Waals surface area (Å²) in [6.45, 7) is 5.12. The SMILES string of the molecule is CCCC(C)COCC(=O)c1cc(Br)sc1Br. The van der Waals surface area contributed by atoms with Crippen molar-refractivity contribution in [3.63, 3.8) is 0 Å². The first-order chi connectivity index (χ1) is 8.04. The summed E-state index contributed by atoms with van der Waals surface area (Å²) in [7, 11) is 0. The fourth-order valence-electron chi connectivity index (χ4n) is 1.54. The predicted molar refractivity (Wildman–Crippen MR) is 78.9 cm³/mol. The Balaban J connectivity index is 2.37. The van der Waals surface area contributed by atoms with Crippen LogP contribution in [0.4, 0.5) is 0 Å². The molecule has 0 saturated carbocycles. The first-order valence-electron chi connectivity index (χ1n) is 5.60. The van der Waals surface area contributed by atoms with Crippen LogP contribution in [0.2, 0.25) is 0 Å². The number of ketones is 1. The van der Waals surface area contributed by atoms with Gasteiger partial charge in [-0.2, -0.15) is 0 Å². The van der Waals surface area contributed by atoms with Crippen molar-refractivity contribution in [3.8, 4) is 0 Å². The molecule has 0 aromatic carbocycles. The monoisotopic (exact) mass is 382 g/mol. The molecule has 1 rings (SSSR count). The van der Waals surface area contributed by atoms with Crippen molar-refractivity contribution in [3.05, 3.63) is 19.2 Å². The van der Waals surface area contributed by atoms with Crippen LogP contribution in [0.5, 0.6) is 0 Å². The number of hydrogen-bond donors (Lipinski definition) is 0. The molecule has 0 bridgehead atoms. The molecule has 1 heterocycles. The largest absolute Gasteiger partial charge is 0.373 e. The summed E-state index contributed by atoms with van der Waals surface area (Å²) in [4.78, 5) is 11.8. The van der Waals surface area contributed by atoms with E-state index in [9.17, 15) is 4.79 Å². The Bertz CT molecular complexity index is 377. The predicted octanol–water partition coefficient (Wildman–Crippen LogP) is 4.91. The first-order valence-corrected chi connectivity index (χ1v) is 8.00. The van der Waals surface area contributed by atoms with Gasteiger partial charge in [0, 0.05) is 12.2 Å². The van der Waals surface area contributed by atoms with E-state index < -0.39 is 0 Å². The minimum absolute atomic E-state index is 0.0301. The van der Waals surface area contributed by atoms with Gasteiger partial charge in [-0.3, -0.25) is 4.79 Å². The lowest BCUT2D eigenvalue weighted by molar-refractivity contribution is 0.0683. The number of Topliss-reactive ketones (excluding diaryl/α,β-unsaturated/α-hetero) is 1. The van der Waals surface area contributed by atoms with E-state index in [0.29, 0.717) is 18.1 Å². The Morgan fingerprint density at radius 3 is 2.76 bits per heavy atom. The molecule has 0 radical (unpaired) electrons. The quantitative estimate of drug-likeness (QED) is 0.625.